The number of aryl methyl sites for hydroxylation is 1. The van der Waals surface area contributed by atoms with Gasteiger partial charge in [0.15, 0.2) is 0 Å². The highest BCUT2D eigenvalue weighted by Crippen LogP contribution is 2.39. The highest BCUT2D eigenvalue weighted by Gasteiger charge is 2.34. The lowest BCUT2D eigenvalue weighted by atomic mass is 9.89. The van der Waals surface area contributed by atoms with Gasteiger partial charge in [-0.15, -0.1) is 0 Å². The number of aliphatic hydroxyl groups is 1. The fourth-order valence-corrected chi connectivity index (χ4v) is 4.78. The number of alkyl halides is 1. The molecule has 0 radical (unpaired) electrons. The predicted molar refractivity (Wildman–Crippen MR) is 152 cm³/mol. The van der Waals surface area contributed by atoms with Crippen LogP contribution in [-0.4, -0.2) is 23.6 Å². The molecule has 0 aliphatic heterocycles. The van der Waals surface area contributed by atoms with Crippen LogP contribution in [0.15, 0.2) is 90.7 Å². The molecule has 0 bridgehead atoms. The standard InChI is InChI=1S/C28H28Cl3N3O/c1-6-34(17-32-5)24-10-7-20(8-11-24)25-16-23(9-12-26(25)30)33-19(3)27(28(4,31)35)21-13-18(2)14-22(29)15-21/h6-17,27,33,35H,1,3H2,2,4-5H3. The van der Waals surface area contributed by atoms with Crippen LogP contribution >= 0.6 is 34.8 Å². The number of benzene rings is 3. The molecule has 3 aromatic rings. The summed E-state index contributed by atoms with van der Waals surface area (Å²) in [7, 11) is 1.71. The van der Waals surface area contributed by atoms with Crippen molar-refractivity contribution in [1.29, 1.82) is 0 Å². The van der Waals surface area contributed by atoms with Crippen LogP contribution in [0.4, 0.5) is 11.4 Å². The monoisotopic (exact) mass is 527 g/mol. The minimum absolute atomic E-state index is 0.524. The topological polar surface area (TPSA) is 47.9 Å². The third-order valence-corrected chi connectivity index (χ3v) is 6.22. The minimum atomic E-state index is -1.59. The average molecular weight is 529 g/mol. The van der Waals surface area contributed by atoms with E-state index in [1.807, 2.05) is 66.4 Å². The Morgan fingerprint density at radius 2 is 1.80 bits per heavy atom. The second-order valence-corrected chi connectivity index (χ2v) is 9.98. The Hall–Kier alpha value is -2.76. The molecule has 7 heteroatoms. The van der Waals surface area contributed by atoms with Gasteiger partial charge in [0.05, 0.1) is 12.3 Å². The molecule has 182 valence electrons. The summed E-state index contributed by atoms with van der Waals surface area (Å²) in [6.45, 7) is 11.5. The lowest BCUT2D eigenvalue weighted by Crippen LogP contribution is -2.30. The van der Waals surface area contributed by atoms with Crippen molar-refractivity contribution < 1.29 is 5.11 Å². The van der Waals surface area contributed by atoms with Gasteiger partial charge < -0.3 is 15.3 Å². The Morgan fingerprint density at radius 1 is 1.11 bits per heavy atom. The fourth-order valence-electron chi connectivity index (χ4n) is 3.99. The smallest absolute Gasteiger partial charge is 0.148 e. The molecule has 0 aliphatic carbocycles. The van der Waals surface area contributed by atoms with Crippen molar-refractivity contribution in [3.8, 4) is 11.1 Å². The summed E-state index contributed by atoms with van der Waals surface area (Å²) in [6, 6.07) is 19.1. The van der Waals surface area contributed by atoms with E-state index in [-0.39, 0.29) is 0 Å². The summed E-state index contributed by atoms with van der Waals surface area (Å²) >= 11 is 19.2. The molecule has 0 aromatic heterocycles. The number of hydrogen-bond donors (Lipinski definition) is 2. The summed E-state index contributed by atoms with van der Waals surface area (Å²) in [5.41, 5.74) is 5.72. The van der Waals surface area contributed by atoms with Crippen LogP contribution < -0.4 is 10.2 Å². The van der Waals surface area contributed by atoms with Crippen LogP contribution in [0.5, 0.6) is 0 Å². The molecule has 2 N–H and O–H groups in total. The van der Waals surface area contributed by atoms with Crippen LogP contribution in [0, 0.1) is 6.92 Å². The van der Waals surface area contributed by atoms with Gasteiger partial charge in [-0.2, -0.15) is 0 Å². The number of rotatable bonds is 9. The Kier molecular flexibility index (Phi) is 8.68. The van der Waals surface area contributed by atoms with Gasteiger partial charge in [0.25, 0.3) is 0 Å². The Labute approximate surface area is 222 Å². The fraction of sp³-hybridized carbons (Fsp3) is 0.179. The Bertz CT molecular complexity index is 1230. The first-order valence-electron chi connectivity index (χ1n) is 10.9. The maximum absolute atomic E-state index is 10.7. The van der Waals surface area contributed by atoms with E-state index >= 15 is 0 Å². The molecule has 0 spiro atoms. The first kappa shape index (κ1) is 26.8. The summed E-state index contributed by atoms with van der Waals surface area (Å²) in [5, 5.41) is 13.6. The Balaban J connectivity index is 1.91. The van der Waals surface area contributed by atoms with E-state index < -0.39 is 11.0 Å². The number of hydrogen-bond acceptors (Lipinski definition) is 3. The van der Waals surface area contributed by atoms with E-state index in [4.69, 9.17) is 34.8 Å². The van der Waals surface area contributed by atoms with Crippen LogP contribution in [0.25, 0.3) is 11.1 Å². The van der Waals surface area contributed by atoms with Crippen LogP contribution in [0.2, 0.25) is 10.0 Å². The summed E-state index contributed by atoms with van der Waals surface area (Å²) in [5.74, 6) is -0.620. The second-order valence-electron chi connectivity index (χ2n) is 8.37. The normalized spacial score (nSPS) is 13.8. The third kappa shape index (κ3) is 6.68. The van der Waals surface area contributed by atoms with Crippen molar-refractivity contribution in [2.75, 3.05) is 17.3 Å². The van der Waals surface area contributed by atoms with Crippen molar-refractivity contribution in [2.45, 2.75) is 24.8 Å². The molecule has 2 atom stereocenters. The van der Waals surface area contributed by atoms with Crippen LogP contribution in [0.1, 0.15) is 24.0 Å². The quantitative estimate of drug-likeness (QED) is 0.167. The van der Waals surface area contributed by atoms with Crippen molar-refractivity contribution in [1.82, 2.24) is 0 Å². The summed E-state index contributed by atoms with van der Waals surface area (Å²) < 4.78 is 0. The van der Waals surface area contributed by atoms with E-state index in [0.29, 0.717) is 15.7 Å². The molecule has 0 saturated heterocycles. The predicted octanol–water partition coefficient (Wildman–Crippen LogP) is 8.23. The van der Waals surface area contributed by atoms with Crippen LogP contribution in [-0.2, 0) is 0 Å². The van der Waals surface area contributed by atoms with Gasteiger partial charge in [0, 0.05) is 45.9 Å². The molecule has 0 saturated carbocycles. The molecule has 0 heterocycles. The Morgan fingerprint density at radius 3 is 2.37 bits per heavy atom. The highest BCUT2D eigenvalue weighted by molar-refractivity contribution is 6.33. The minimum Gasteiger partial charge on any atom is -0.374 e. The van der Waals surface area contributed by atoms with Gasteiger partial charge in [-0.05, 0) is 73.0 Å². The lowest BCUT2D eigenvalue weighted by molar-refractivity contribution is 0.130. The van der Waals surface area contributed by atoms with Gasteiger partial charge in [0.1, 0.15) is 5.06 Å². The van der Waals surface area contributed by atoms with Crippen LogP contribution in [0.3, 0.4) is 0 Å². The maximum atomic E-state index is 10.7. The molecule has 3 rings (SSSR count). The SMILES string of the molecule is C=CN(C=NC)c1ccc(-c2cc(NC(=C)C(c3cc(C)cc(Cl)c3)C(C)(O)Cl)ccc2Cl)cc1. The zero-order valence-electron chi connectivity index (χ0n) is 19.9. The first-order valence-corrected chi connectivity index (χ1v) is 12.0. The number of nitrogens with zero attached hydrogens (tertiary/aromatic N) is 2. The summed E-state index contributed by atoms with van der Waals surface area (Å²) in [6.07, 6.45) is 3.38. The molecule has 35 heavy (non-hydrogen) atoms. The van der Waals surface area contributed by atoms with Gasteiger partial charge in [-0.25, -0.2) is 0 Å². The molecular formula is C28H28Cl3N3O. The largest absolute Gasteiger partial charge is 0.374 e. The number of aliphatic imine (C=N–C) groups is 1. The van der Waals surface area contributed by atoms with Gasteiger partial charge in [-0.1, -0.05) is 66.2 Å². The van der Waals surface area contributed by atoms with Crippen molar-refractivity contribution in [3.05, 3.63) is 107 Å². The van der Waals surface area contributed by atoms with Crippen molar-refractivity contribution in [3.63, 3.8) is 0 Å². The highest BCUT2D eigenvalue weighted by atomic mass is 35.5. The molecule has 0 aliphatic rings. The number of halogens is 3. The maximum Gasteiger partial charge on any atom is 0.148 e. The van der Waals surface area contributed by atoms with Gasteiger partial charge >= 0.3 is 0 Å². The average Bonchev–Trinajstić information content (AvgIpc) is 2.77. The molecule has 4 nitrogen and oxygen atoms in total. The van der Waals surface area contributed by atoms with E-state index in [9.17, 15) is 5.11 Å². The second kappa shape index (κ2) is 11.3. The first-order chi connectivity index (χ1) is 16.5. The molecular weight excluding hydrogens is 501 g/mol. The van der Waals surface area contributed by atoms with E-state index in [2.05, 4.69) is 23.5 Å². The van der Waals surface area contributed by atoms with Crippen molar-refractivity contribution >= 4 is 52.5 Å². The van der Waals surface area contributed by atoms with E-state index in [1.165, 1.54) is 6.92 Å². The third-order valence-electron chi connectivity index (χ3n) is 5.46. The zero-order chi connectivity index (χ0) is 25.8. The van der Waals surface area contributed by atoms with Crippen molar-refractivity contribution in [2.24, 2.45) is 4.99 Å². The van der Waals surface area contributed by atoms with E-state index in [0.717, 1.165) is 33.6 Å². The molecule has 2 unspecified atom stereocenters. The van der Waals surface area contributed by atoms with Gasteiger partial charge in [-0.3, -0.25) is 4.99 Å². The zero-order valence-corrected chi connectivity index (χ0v) is 22.2. The van der Waals surface area contributed by atoms with Gasteiger partial charge in [0.2, 0.25) is 0 Å². The molecule has 0 fully saturated rings. The number of anilines is 2. The van der Waals surface area contributed by atoms with E-state index in [1.54, 1.807) is 25.7 Å². The molecule has 3 aromatic carbocycles. The molecule has 0 amide bonds. The summed E-state index contributed by atoms with van der Waals surface area (Å²) in [4.78, 5) is 5.86. The number of nitrogens with one attached hydrogen (secondary N) is 1. The lowest BCUT2D eigenvalue weighted by Gasteiger charge is -2.30.